The Labute approximate surface area is 167 Å². The Bertz CT molecular complexity index is 925. The zero-order valence-electron chi connectivity index (χ0n) is 12.6. The molecule has 4 nitrogen and oxygen atoms in total. The molecule has 0 spiro atoms. The Morgan fingerprint density at radius 2 is 1.80 bits per heavy atom. The molecule has 0 fully saturated rings. The first-order valence-corrected chi connectivity index (χ1v) is 9.09. The fourth-order valence-electron chi connectivity index (χ4n) is 2.17. The molecule has 0 aliphatic heterocycles. The van der Waals surface area contributed by atoms with Gasteiger partial charge in [0.1, 0.15) is 5.02 Å². The molecule has 25 heavy (non-hydrogen) atoms. The minimum Gasteiger partial charge on any atom is -0.304 e. The van der Waals surface area contributed by atoms with E-state index in [2.05, 4.69) is 26.3 Å². The summed E-state index contributed by atoms with van der Waals surface area (Å²) in [6.07, 6.45) is 1.63. The van der Waals surface area contributed by atoms with Gasteiger partial charge in [-0.25, -0.2) is 0 Å². The molecule has 1 aromatic heterocycles. The minimum atomic E-state index is -0.288. The molecular formula is C17H11BrCl3N3O. The molecule has 3 aromatic rings. The van der Waals surface area contributed by atoms with Crippen molar-refractivity contribution in [2.24, 2.45) is 0 Å². The normalized spacial score (nSPS) is 10.7. The van der Waals surface area contributed by atoms with Gasteiger partial charge in [-0.2, -0.15) is 5.10 Å². The Kier molecular flexibility index (Phi) is 5.69. The van der Waals surface area contributed by atoms with E-state index < -0.39 is 0 Å². The second-order valence-electron chi connectivity index (χ2n) is 5.22. The molecule has 0 saturated carbocycles. The zero-order valence-corrected chi connectivity index (χ0v) is 16.5. The summed E-state index contributed by atoms with van der Waals surface area (Å²) in [5.41, 5.74) is 1.35. The summed E-state index contributed by atoms with van der Waals surface area (Å²) in [5.74, 6) is 0.00356. The molecule has 0 atom stereocenters. The van der Waals surface area contributed by atoms with Gasteiger partial charge >= 0.3 is 0 Å². The van der Waals surface area contributed by atoms with Crippen molar-refractivity contribution in [3.63, 3.8) is 0 Å². The van der Waals surface area contributed by atoms with Crippen LogP contribution >= 0.6 is 50.7 Å². The van der Waals surface area contributed by atoms with Crippen LogP contribution in [0.2, 0.25) is 15.1 Å². The monoisotopic (exact) mass is 457 g/mol. The number of aromatic nitrogens is 2. The number of hydrogen-bond acceptors (Lipinski definition) is 2. The van der Waals surface area contributed by atoms with E-state index in [4.69, 9.17) is 34.8 Å². The molecule has 0 radical (unpaired) electrons. The standard InChI is InChI=1S/C17H11BrCl3N3O/c18-12-4-1-10(2-5-12)17(25)22-16-15(21)9-24(23-16)8-11-3-6-13(19)7-14(11)20/h1-7,9H,8H2,(H,22,23,25). The van der Waals surface area contributed by atoms with Gasteiger partial charge in [-0.05, 0) is 42.0 Å². The largest absolute Gasteiger partial charge is 0.304 e. The molecule has 0 aliphatic carbocycles. The van der Waals surface area contributed by atoms with Crippen LogP contribution in [0.3, 0.4) is 0 Å². The Morgan fingerprint density at radius 1 is 1.08 bits per heavy atom. The summed E-state index contributed by atoms with van der Waals surface area (Å²) in [7, 11) is 0. The highest BCUT2D eigenvalue weighted by Crippen LogP contribution is 2.24. The van der Waals surface area contributed by atoms with Crippen LogP contribution in [0.15, 0.2) is 53.1 Å². The molecule has 128 valence electrons. The van der Waals surface area contributed by atoms with Gasteiger partial charge in [0, 0.05) is 26.3 Å². The average Bonchev–Trinajstić information content (AvgIpc) is 2.90. The maximum absolute atomic E-state index is 12.3. The summed E-state index contributed by atoms with van der Waals surface area (Å²) < 4.78 is 2.50. The van der Waals surface area contributed by atoms with Crippen LogP contribution in [0.25, 0.3) is 0 Å². The molecule has 1 N–H and O–H groups in total. The third-order valence-electron chi connectivity index (χ3n) is 3.40. The topological polar surface area (TPSA) is 46.9 Å². The lowest BCUT2D eigenvalue weighted by Gasteiger charge is -2.05. The summed E-state index contributed by atoms with van der Waals surface area (Å²) in [5, 5.41) is 8.46. The van der Waals surface area contributed by atoms with E-state index in [-0.39, 0.29) is 5.91 Å². The summed E-state index contributed by atoms with van der Waals surface area (Å²) in [6, 6.07) is 12.2. The minimum absolute atomic E-state index is 0.288. The lowest BCUT2D eigenvalue weighted by molar-refractivity contribution is 0.102. The maximum Gasteiger partial charge on any atom is 0.256 e. The van der Waals surface area contributed by atoms with E-state index in [1.807, 2.05) is 6.07 Å². The van der Waals surface area contributed by atoms with Crippen molar-refractivity contribution in [3.8, 4) is 0 Å². The fraction of sp³-hybridized carbons (Fsp3) is 0.0588. The first-order chi connectivity index (χ1) is 11.9. The molecule has 0 unspecified atom stereocenters. The first kappa shape index (κ1) is 18.3. The number of benzene rings is 2. The van der Waals surface area contributed by atoms with Crippen molar-refractivity contribution < 1.29 is 4.79 Å². The van der Waals surface area contributed by atoms with Crippen molar-refractivity contribution in [3.05, 3.63) is 79.3 Å². The SMILES string of the molecule is O=C(Nc1nn(Cc2ccc(Cl)cc2Cl)cc1Cl)c1ccc(Br)cc1. The number of nitrogens with one attached hydrogen (secondary N) is 1. The van der Waals surface area contributed by atoms with Gasteiger partial charge in [-0.15, -0.1) is 0 Å². The van der Waals surface area contributed by atoms with Crippen LogP contribution in [-0.4, -0.2) is 15.7 Å². The van der Waals surface area contributed by atoms with E-state index in [0.29, 0.717) is 33.0 Å². The number of halogens is 4. The number of hydrogen-bond donors (Lipinski definition) is 1. The maximum atomic E-state index is 12.3. The predicted octanol–water partition coefficient (Wildman–Crippen LogP) is 5.91. The van der Waals surface area contributed by atoms with E-state index in [1.54, 1.807) is 47.3 Å². The van der Waals surface area contributed by atoms with Gasteiger partial charge in [0.25, 0.3) is 5.91 Å². The van der Waals surface area contributed by atoms with Crippen LogP contribution in [0.1, 0.15) is 15.9 Å². The van der Waals surface area contributed by atoms with Crippen LogP contribution in [0.4, 0.5) is 5.82 Å². The third kappa shape index (κ3) is 4.55. The Morgan fingerprint density at radius 3 is 2.48 bits per heavy atom. The number of rotatable bonds is 4. The predicted molar refractivity (Wildman–Crippen MR) is 105 cm³/mol. The molecule has 2 aromatic carbocycles. The molecule has 3 rings (SSSR count). The molecule has 0 bridgehead atoms. The third-order valence-corrected chi connectivity index (χ3v) is 4.80. The lowest BCUT2D eigenvalue weighted by Crippen LogP contribution is -2.13. The Hall–Kier alpha value is -1.53. The number of carbonyl (C=O) groups excluding carboxylic acids is 1. The molecule has 8 heteroatoms. The van der Waals surface area contributed by atoms with E-state index in [9.17, 15) is 4.79 Å². The summed E-state index contributed by atoms with van der Waals surface area (Å²) in [4.78, 5) is 12.3. The highest BCUT2D eigenvalue weighted by Gasteiger charge is 2.13. The molecule has 0 saturated heterocycles. The summed E-state index contributed by atoms with van der Waals surface area (Å²) in [6.45, 7) is 0.407. The molecule has 0 aliphatic rings. The van der Waals surface area contributed by atoms with Crippen LogP contribution in [-0.2, 0) is 6.54 Å². The second-order valence-corrected chi connectivity index (χ2v) is 7.39. The van der Waals surface area contributed by atoms with Crippen molar-refractivity contribution in [1.82, 2.24) is 9.78 Å². The second kappa shape index (κ2) is 7.79. The molecule has 1 heterocycles. The number of nitrogens with zero attached hydrogens (tertiary/aromatic N) is 2. The van der Waals surface area contributed by atoms with Crippen molar-refractivity contribution in [2.75, 3.05) is 5.32 Å². The Balaban J connectivity index is 1.76. The lowest BCUT2D eigenvalue weighted by atomic mass is 10.2. The molecular weight excluding hydrogens is 448 g/mol. The highest BCUT2D eigenvalue weighted by molar-refractivity contribution is 9.10. The number of amides is 1. The number of carbonyl (C=O) groups is 1. The van der Waals surface area contributed by atoms with Gasteiger partial charge in [0.2, 0.25) is 0 Å². The van der Waals surface area contributed by atoms with Gasteiger partial charge < -0.3 is 5.32 Å². The van der Waals surface area contributed by atoms with Crippen molar-refractivity contribution in [1.29, 1.82) is 0 Å². The van der Waals surface area contributed by atoms with Gasteiger partial charge in [0.05, 0.1) is 6.54 Å². The van der Waals surface area contributed by atoms with Gasteiger partial charge in [-0.1, -0.05) is 56.8 Å². The van der Waals surface area contributed by atoms with Crippen molar-refractivity contribution in [2.45, 2.75) is 6.54 Å². The smallest absolute Gasteiger partial charge is 0.256 e. The zero-order chi connectivity index (χ0) is 18.0. The van der Waals surface area contributed by atoms with E-state index >= 15 is 0 Å². The van der Waals surface area contributed by atoms with E-state index in [1.165, 1.54) is 0 Å². The molecule has 1 amide bonds. The number of anilines is 1. The fourth-order valence-corrected chi connectivity index (χ4v) is 3.10. The van der Waals surface area contributed by atoms with Gasteiger partial charge in [0.15, 0.2) is 5.82 Å². The van der Waals surface area contributed by atoms with Crippen LogP contribution < -0.4 is 5.32 Å². The van der Waals surface area contributed by atoms with Crippen molar-refractivity contribution >= 4 is 62.5 Å². The average molecular weight is 460 g/mol. The quantitative estimate of drug-likeness (QED) is 0.528. The first-order valence-electron chi connectivity index (χ1n) is 7.16. The van der Waals surface area contributed by atoms with E-state index in [0.717, 1.165) is 10.0 Å². The summed E-state index contributed by atoms with van der Waals surface area (Å²) >= 11 is 21.6. The van der Waals surface area contributed by atoms with Gasteiger partial charge in [-0.3, -0.25) is 9.48 Å². The highest BCUT2D eigenvalue weighted by atomic mass is 79.9. The van der Waals surface area contributed by atoms with Crippen LogP contribution in [0, 0.1) is 0 Å². The van der Waals surface area contributed by atoms with Crippen LogP contribution in [0.5, 0.6) is 0 Å².